The van der Waals surface area contributed by atoms with Gasteiger partial charge in [-0.3, -0.25) is 0 Å². The van der Waals surface area contributed by atoms with Gasteiger partial charge in [0.2, 0.25) is 0 Å². The quantitative estimate of drug-likeness (QED) is 0.763. The molecule has 0 bridgehead atoms. The van der Waals surface area contributed by atoms with Gasteiger partial charge < -0.3 is 5.11 Å². The predicted molar refractivity (Wildman–Crippen MR) is 62.6 cm³/mol. The van der Waals surface area contributed by atoms with Crippen molar-refractivity contribution < 1.29 is 31.4 Å². The molecule has 1 rings (SSSR count). The van der Waals surface area contributed by atoms with Gasteiger partial charge in [0.1, 0.15) is 0 Å². The maximum atomic E-state index is 12.4. The molecule has 0 spiro atoms. The Morgan fingerprint density at radius 1 is 0.900 bits per heavy atom. The van der Waals surface area contributed by atoms with Gasteiger partial charge in [-0.05, 0) is 23.8 Å². The van der Waals surface area contributed by atoms with Crippen LogP contribution in [0.5, 0.6) is 0 Å². The monoisotopic (exact) mass is 338 g/mol. The third kappa shape index (κ3) is 3.39. The van der Waals surface area contributed by atoms with Crippen molar-refractivity contribution in [2.24, 2.45) is 0 Å². The number of halogens is 8. The van der Waals surface area contributed by atoms with Crippen molar-refractivity contribution in [1.29, 1.82) is 0 Å². The van der Waals surface area contributed by atoms with Gasteiger partial charge in [-0.15, -0.1) is 0 Å². The van der Waals surface area contributed by atoms with Gasteiger partial charge in [-0.1, -0.05) is 35.3 Å². The van der Waals surface area contributed by atoms with Crippen LogP contribution in [0.4, 0.5) is 26.3 Å². The van der Waals surface area contributed by atoms with E-state index in [1.807, 2.05) is 0 Å². The van der Waals surface area contributed by atoms with E-state index < -0.39 is 18.0 Å². The van der Waals surface area contributed by atoms with Crippen LogP contribution in [0.1, 0.15) is 5.56 Å². The molecule has 0 radical (unpaired) electrons. The molecule has 0 amide bonds. The summed E-state index contributed by atoms with van der Waals surface area (Å²) < 4.78 is 74.3. The highest BCUT2D eigenvalue weighted by atomic mass is 35.5. The van der Waals surface area contributed by atoms with Crippen molar-refractivity contribution in [2.75, 3.05) is 0 Å². The van der Waals surface area contributed by atoms with E-state index in [-0.39, 0.29) is 21.7 Å². The number of rotatable bonds is 2. The Kier molecular flexibility index (Phi) is 4.68. The zero-order chi connectivity index (χ0) is 15.8. The first kappa shape index (κ1) is 17.1. The van der Waals surface area contributed by atoms with Crippen molar-refractivity contribution in [2.45, 2.75) is 18.0 Å². The van der Waals surface area contributed by atoms with Crippen LogP contribution < -0.4 is 0 Å². The summed E-state index contributed by atoms with van der Waals surface area (Å²) in [5.41, 5.74) is -5.02. The fourth-order valence-electron chi connectivity index (χ4n) is 1.18. The summed E-state index contributed by atoms with van der Waals surface area (Å²) in [6, 6.07) is 3.41. The zero-order valence-corrected chi connectivity index (χ0v) is 10.9. The van der Waals surface area contributed by atoms with E-state index in [9.17, 15) is 26.3 Å². The molecule has 1 nitrogen and oxygen atoms in total. The summed E-state index contributed by atoms with van der Waals surface area (Å²) in [6.45, 7) is 0. The lowest BCUT2D eigenvalue weighted by Gasteiger charge is -2.29. The molecule has 0 atom stereocenters. The predicted octanol–water partition coefficient (Wildman–Crippen LogP) is 4.86. The third-order valence-electron chi connectivity index (χ3n) is 2.32. The summed E-state index contributed by atoms with van der Waals surface area (Å²) in [4.78, 5) is 0. The van der Waals surface area contributed by atoms with Crippen LogP contribution >= 0.6 is 23.2 Å². The van der Waals surface area contributed by atoms with E-state index in [0.717, 1.165) is 12.1 Å². The van der Waals surface area contributed by atoms with Crippen molar-refractivity contribution in [3.63, 3.8) is 0 Å². The van der Waals surface area contributed by atoms with E-state index in [2.05, 4.69) is 0 Å². The molecule has 112 valence electrons. The maximum Gasteiger partial charge on any atom is 0.430 e. The standard InChI is InChI=1S/C11H6Cl2F6O/c12-7-2-1-6(5-8(7)13)3-4-9(20,10(14,15)16)11(17,18)19/h1-5,20H/b4-3+. The topological polar surface area (TPSA) is 20.2 Å². The fraction of sp³-hybridized carbons (Fsp3) is 0.273. The summed E-state index contributed by atoms with van der Waals surface area (Å²) >= 11 is 11.1. The lowest BCUT2D eigenvalue weighted by atomic mass is 10.0. The van der Waals surface area contributed by atoms with Crippen LogP contribution in [0.25, 0.3) is 6.08 Å². The minimum absolute atomic E-state index is 0.0450. The summed E-state index contributed by atoms with van der Waals surface area (Å²) in [6.07, 6.45) is -11.7. The molecule has 0 heterocycles. The molecular weight excluding hydrogens is 333 g/mol. The van der Waals surface area contributed by atoms with Gasteiger partial charge in [0.25, 0.3) is 5.60 Å². The lowest BCUT2D eigenvalue weighted by Crippen LogP contribution is -2.55. The van der Waals surface area contributed by atoms with Crippen molar-refractivity contribution >= 4 is 29.3 Å². The molecule has 1 aromatic rings. The second-order valence-corrected chi connectivity index (χ2v) is 4.58. The second-order valence-electron chi connectivity index (χ2n) is 3.77. The average Bonchev–Trinajstić information content (AvgIpc) is 2.27. The molecule has 0 saturated heterocycles. The van der Waals surface area contributed by atoms with Crippen LogP contribution in [-0.2, 0) is 0 Å². The highest BCUT2D eigenvalue weighted by molar-refractivity contribution is 6.42. The Labute approximate surface area is 119 Å². The average molecular weight is 339 g/mol. The SMILES string of the molecule is OC(/C=C/c1ccc(Cl)c(Cl)c1)(C(F)(F)F)C(F)(F)F. The molecule has 0 aliphatic carbocycles. The molecule has 0 saturated carbocycles. The van der Waals surface area contributed by atoms with E-state index in [1.165, 1.54) is 6.07 Å². The minimum Gasteiger partial charge on any atom is -0.370 e. The molecule has 0 aliphatic rings. The van der Waals surface area contributed by atoms with Gasteiger partial charge in [-0.2, -0.15) is 26.3 Å². The first-order valence-electron chi connectivity index (χ1n) is 4.88. The highest BCUT2D eigenvalue weighted by Crippen LogP contribution is 2.44. The molecule has 1 N–H and O–H groups in total. The van der Waals surface area contributed by atoms with Crippen LogP contribution in [-0.4, -0.2) is 23.1 Å². The van der Waals surface area contributed by atoms with E-state index in [1.54, 1.807) is 0 Å². The maximum absolute atomic E-state index is 12.4. The molecule has 0 aliphatic heterocycles. The van der Waals surface area contributed by atoms with E-state index in [0.29, 0.717) is 6.08 Å². The van der Waals surface area contributed by atoms with Gasteiger partial charge in [0, 0.05) is 0 Å². The molecule has 1 aromatic carbocycles. The van der Waals surface area contributed by atoms with Gasteiger partial charge in [-0.25, -0.2) is 0 Å². The van der Waals surface area contributed by atoms with Crippen molar-refractivity contribution in [3.05, 3.63) is 39.9 Å². The molecular formula is C11H6Cl2F6O. The summed E-state index contributed by atoms with van der Waals surface area (Å²) in [5.74, 6) is 0. The van der Waals surface area contributed by atoms with Crippen molar-refractivity contribution in [3.8, 4) is 0 Å². The van der Waals surface area contributed by atoms with Crippen LogP contribution in [0.15, 0.2) is 24.3 Å². The fourth-order valence-corrected chi connectivity index (χ4v) is 1.49. The van der Waals surface area contributed by atoms with Crippen molar-refractivity contribution in [1.82, 2.24) is 0 Å². The first-order valence-corrected chi connectivity index (χ1v) is 5.64. The Balaban J connectivity index is 3.20. The molecule has 0 aromatic heterocycles. The summed E-state index contributed by atoms with van der Waals surface area (Å²) in [5, 5.41) is 8.92. The lowest BCUT2D eigenvalue weighted by molar-refractivity contribution is -0.347. The zero-order valence-electron chi connectivity index (χ0n) is 9.36. The highest BCUT2D eigenvalue weighted by Gasteiger charge is 2.68. The Hall–Kier alpha value is -0.920. The Morgan fingerprint density at radius 2 is 1.40 bits per heavy atom. The van der Waals surface area contributed by atoms with Gasteiger partial charge >= 0.3 is 12.4 Å². The second kappa shape index (κ2) is 5.46. The van der Waals surface area contributed by atoms with Gasteiger partial charge in [0.05, 0.1) is 10.0 Å². The number of alkyl halides is 6. The number of aliphatic hydroxyl groups is 1. The molecule has 20 heavy (non-hydrogen) atoms. The summed E-state index contributed by atoms with van der Waals surface area (Å²) in [7, 11) is 0. The van der Waals surface area contributed by atoms with Gasteiger partial charge in [0.15, 0.2) is 0 Å². The normalized spacial score (nSPS) is 14.1. The minimum atomic E-state index is -5.90. The number of benzene rings is 1. The third-order valence-corrected chi connectivity index (χ3v) is 3.06. The first-order chi connectivity index (χ1) is 8.88. The van der Waals surface area contributed by atoms with Crippen LogP contribution in [0, 0.1) is 0 Å². The molecule has 0 unspecified atom stereocenters. The number of hydrogen-bond donors (Lipinski definition) is 1. The largest absolute Gasteiger partial charge is 0.430 e. The Bertz CT molecular complexity index is 507. The van der Waals surface area contributed by atoms with Crippen LogP contribution in [0.2, 0.25) is 10.0 Å². The molecule has 0 fully saturated rings. The molecule has 9 heteroatoms. The van der Waals surface area contributed by atoms with E-state index in [4.69, 9.17) is 28.3 Å². The Morgan fingerprint density at radius 3 is 1.80 bits per heavy atom. The van der Waals surface area contributed by atoms with Crippen LogP contribution in [0.3, 0.4) is 0 Å². The number of hydrogen-bond acceptors (Lipinski definition) is 1. The smallest absolute Gasteiger partial charge is 0.370 e. The van der Waals surface area contributed by atoms with E-state index >= 15 is 0 Å².